The molecule has 1 aromatic carbocycles. The summed E-state index contributed by atoms with van der Waals surface area (Å²) < 4.78 is 27.4. The van der Waals surface area contributed by atoms with Gasteiger partial charge in [0, 0.05) is 37.4 Å². The minimum absolute atomic E-state index is 0.00279. The molecule has 1 N–H and O–H groups in total. The Hall–Kier alpha value is -2.23. The zero-order chi connectivity index (χ0) is 22.0. The summed E-state index contributed by atoms with van der Waals surface area (Å²) in [4.78, 5) is 27.7. The van der Waals surface area contributed by atoms with Crippen LogP contribution in [0.3, 0.4) is 0 Å². The lowest BCUT2D eigenvalue weighted by atomic mass is 9.98. The molecule has 2 fully saturated rings. The van der Waals surface area contributed by atoms with E-state index in [1.54, 1.807) is 35.7 Å². The van der Waals surface area contributed by atoms with Crippen molar-refractivity contribution in [2.45, 2.75) is 36.8 Å². The first-order valence-electron chi connectivity index (χ1n) is 10.6. The number of benzene rings is 1. The maximum atomic E-state index is 13.0. The van der Waals surface area contributed by atoms with Gasteiger partial charge in [0.1, 0.15) is 4.21 Å². The van der Waals surface area contributed by atoms with Gasteiger partial charge < -0.3 is 10.2 Å². The molecule has 9 heteroatoms. The lowest BCUT2D eigenvalue weighted by Crippen LogP contribution is -2.43. The number of amides is 2. The number of carbonyl (C=O) groups is 2. The summed E-state index contributed by atoms with van der Waals surface area (Å²) >= 11 is 1.19. The van der Waals surface area contributed by atoms with Crippen LogP contribution in [0.15, 0.2) is 39.9 Å². The Kier molecular flexibility index (Phi) is 6.45. The van der Waals surface area contributed by atoms with E-state index in [1.165, 1.54) is 15.6 Å². The molecule has 0 saturated carbocycles. The van der Waals surface area contributed by atoms with Gasteiger partial charge >= 0.3 is 0 Å². The second-order valence-electron chi connectivity index (χ2n) is 8.10. The number of piperidine rings is 1. The van der Waals surface area contributed by atoms with Gasteiger partial charge in [-0.3, -0.25) is 9.59 Å². The average Bonchev–Trinajstić information content (AvgIpc) is 3.49. The van der Waals surface area contributed by atoms with Crippen molar-refractivity contribution < 1.29 is 18.0 Å². The van der Waals surface area contributed by atoms with Gasteiger partial charge in [0.15, 0.2) is 0 Å². The molecule has 7 nitrogen and oxygen atoms in total. The second kappa shape index (κ2) is 9.10. The number of rotatable bonds is 5. The maximum Gasteiger partial charge on any atom is 0.254 e. The van der Waals surface area contributed by atoms with Crippen molar-refractivity contribution in [1.82, 2.24) is 9.21 Å². The molecule has 0 bridgehead atoms. The summed E-state index contributed by atoms with van der Waals surface area (Å²) in [6.07, 6.45) is 3.31. The summed E-state index contributed by atoms with van der Waals surface area (Å²) in [7, 11) is -3.57. The number of anilines is 1. The third kappa shape index (κ3) is 4.53. The van der Waals surface area contributed by atoms with E-state index < -0.39 is 15.9 Å². The van der Waals surface area contributed by atoms with Gasteiger partial charge in [0.05, 0.1) is 5.92 Å². The zero-order valence-corrected chi connectivity index (χ0v) is 19.2. The van der Waals surface area contributed by atoms with E-state index in [1.807, 2.05) is 11.8 Å². The van der Waals surface area contributed by atoms with Gasteiger partial charge in [-0.1, -0.05) is 12.1 Å². The lowest BCUT2D eigenvalue weighted by Gasteiger charge is -2.31. The van der Waals surface area contributed by atoms with Gasteiger partial charge in [0.25, 0.3) is 15.9 Å². The summed E-state index contributed by atoms with van der Waals surface area (Å²) in [5.74, 6) is -0.641. The highest BCUT2D eigenvalue weighted by molar-refractivity contribution is 7.91. The number of carbonyl (C=O) groups excluding carboxylic acids is 2. The molecule has 2 saturated heterocycles. The molecule has 2 aliphatic heterocycles. The van der Waals surface area contributed by atoms with Gasteiger partial charge in [-0.2, -0.15) is 4.31 Å². The van der Waals surface area contributed by atoms with Crippen LogP contribution >= 0.6 is 11.3 Å². The fourth-order valence-corrected chi connectivity index (χ4v) is 6.91. The minimum atomic E-state index is -3.57. The van der Waals surface area contributed by atoms with Crippen LogP contribution in [0, 0.1) is 12.8 Å². The smallest absolute Gasteiger partial charge is 0.254 e. The van der Waals surface area contributed by atoms with Crippen molar-refractivity contribution >= 4 is 38.9 Å². The zero-order valence-electron chi connectivity index (χ0n) is 17.5. The average molecular weight is 462 g/mol. The maximum absolute atomic E-state index is 13.0. The van der Waals surface area contributed by atoms with Crippen LogP contribution in [-0.4, -0.2) is 55.6 Å². The summed E-state index contributed by atoms with van der Waals surface area (Å²) in [6, 6.07) is 8.67. The van der Waals surface area contributed by atoms with Gasteiger partial charge in [-0.05, 0) is 61.7 Å². The van der Waals surface area contributed by atoms with Crippen LogP contribution in [0.5, 0.6) is 0 Å². The van der Waals surface area contributed by atoms with E-state index in [0.29, 0.717) is 34.8 Å². The molecule has 2 aliphatic rings. The molecule has 1 unspecified atom stereocenters. The first-order chi connectivity index (χ1) is 14.9. The molecular weight excluding hydrogens is 434 g/mol. The first-order valence-corrected chi connectivity index (χ1v) is 12.9. The molecule has 0 radical (unpaired) electrons. The standard InChI is InChI=1S/C22H27N3O4S2/c1-16-18(22(27)24-11-2-3-12-24)8-4-9-19(16)23-21(26)17-7-5-13-25(15-17)31(28,29)20-10-6-14-30-20/h4,6,8-10,14,17H,2-3,5,7,11-13,15H2,1H3,(H,23,26). The lowest BCUT2D eigenvalue weighted by molar-refractivity contribution is -0.120. The SMILES string of the molecule is Cc1c(NC(=O)C2CCCN(S(=O)(=O)c3cccs3)C2)cccc1C(=O)N1CCCC1. The highest BCUT2D eigenvalue weighted by Crippen LogP contribution is 2.28. The predicted octanol–water partition coefficient (Wildman–Crippen LogP) is 3.33. The molecule has 166 valence electrons. The number of hydrogen-bond donors (Lipinski definition) is 1. The van der Waals surface area contributed by atoms with Crippen molar-refractivity contribution in [1.29, 1.82) is 0 Å². The Bertz CT molecular complexity index is 1060. The van der Waals surface area contributed by atoms with E-state index in [4.69, 9.17) is 0 Å². The van der Waals surface area contributed by atoms with E-state index >= 15 is 0 Å². The monoisotopic (exact) mass is 461 g/mol. The van der Waals surface area contributed by atoms with E-state index in [9.17, 15) is 18.0 Å². The minimum Gasteiger partial charge on any atom is -0.339 e. The van der Waals surface area contributed by atoms with Crippen LogP contribution in [-0.2, 0) is 14.8 Å². The molecule has 2 amide bonds. The topological polar surface area (TPSA) is 86.8 Å². The molecule has 1 aromatic heterocycles. The largest absolute Gasteiger partial charge is 0.339 e. The summed E-state index contributed by atoms with van der Waals surface area (Å²) in [5.41, 5.74) is 1.95. The van der Waals surface area contributed by atoms with Gasteiger partial charge in [-0.25, -0.2) is 8.42 Å². The number of sulfonamides is 1. The van der Waals surface area contributed by atoms with Crippen molar-refractivity contribution in [2.24, 2.45) is 5.92 Å². The highest BCUT2D eigenvalue weighted by atomic mass is 32.2. The van der Waals surface area contributed by atoms with Crippen molar-refractivity contribution in [2.75, 3.05) is 31.5 Å². The Morgan fingerprint density at radius 1 is 1.06 bits per heavy atom. The molecule has 1 atom stereocenters. The third-order valence-electron chi connectivity index (χ3n) is 6.06. The molecule has 0 aliphatic carbocycles. The number of likely N-dealkylation sites (tertiary alicyclic amines) is 1. The normalized spacial score (nSPS) is 20.0. The molecular formula is C22H27N3O4S2. The number of thiophene rings is 1. The van der Waals surface area contributed by atoms with Gasteiger partial charge in [-0.15, -0.1) is 11.3 Å². The Labute approximate surface area is 187 Å². The van der Waals surface area contributed by atoms with Crippen LogP contribution in [0.4, 0.5) is 5.69 Å². The molecule has 3 heterocycles. The quantitative estimate of drug-likeness (QED) is 0.740. The Morgan fingerprint density at radius 3 is 2.55 bits per heavy atom. The van der Waals surface area contributed by atoms with E-state index in [-0.39, 0.29) is 18.4 Å². The first kappa shape index (κ1) is 22.0. The fraction of sp³-hybridized carbons (Fsp3) is 0.455. The van der Waals surface area contributed by atoms with E-state index in [2.05, 4.69) is 5.32 Å². The van der Waals surface area contributed by atoms with Crippen molar-refractivity contribution in [3.05, 3.63) is 46.8 Å². The van der Waals surface area contributed by atoms with Crippen molar-refractivity contribution in [3.63, 3.8) is 0 Å². The third-order valence-corrected chi connectivity index (χ3v) is 9.30. The molecule has 0 spiro atoms. The van der Waals surface area contributed by atoms with E-state index in [0.717, 1.165) is 31.5 Å². The van der Waals surface area contributed by atoms with Crippen LogP contribution in [0.25, 0.3) is 0 Å². The Morgan fingerprint density at radius 2 is 1.84 bits per heavy atom. The Balaban J connectivity index is 1.47. The van der Waals surface area contributed by atoms with Crippen LogP contribution < -0.4 is 5.32 Å². The second-order valence-corrected chi connectivity index (χ2v) is 11.2. The molecule has 4 rings (SSSR count). The highest BCUT2D eigenvalue weighted by Gasteiger charge is 2.34. The number of nitrogens with one attached hydrogen (secondary N) is 1. The summed E-state index contributed by atoms with van der Waals surface area (Å²) in [5, 5.41) is 4.68. The molecule has 2 aromatic rings. The predicted molar refractivity (Wildman–Crippen MR) is 121 cm³/mol. The van der Waals surface area contributed by atoms with Crippen LogP contribution in [0.1, 0.15) is 41.6 Å². The number of hydrogen-bond acceptors (Lipinski definition) is 5. The van der Waals surface area contributed by atoms with Crippen molar-refractivity contribution in [3.8, 4) is 0 Å². The van der Waals surface area contributed by atoms with Crippen LogP contribution in [0.2, 0.25) is 0 Å². The van der Waals surface area contributed by atoms with Gasteiger partial charge in [0.2, 0.25) is 5.91 Å². The fourth-order valence-electron chi connectivity index (χ4n) is 4.24. The molecule has 31 heavy (non-hydrogen) atoms. The number of nitrogens with zero attached hydrogens (tertiary/aromatic N) is 2. The summed E-state index contributed by atoms with van der Waals surface area (Å²) in [6.45, 7) is 3.96.